The van der Waals surface area contributed by atoms with Gasteiger partial charge < -0.3 is 10.6 Å². The van der Waals surface area contributed by atoms with Gasteiger partial charge in [-0.3, -0.25) is 0 Å². The highest BCUT2D eigenvalue weighted by molar-refractivity contribution is 5.28. The first-order chi connectivity index (χ1) is 8.38. The molecule has 0 radical (unpaired) electrons. The normalized spacial score (nSPS) is 28.5. The van der Waals surface area contributed by atoms with Crippen molar-refractivity contribution in [2.45, 2.75) is 38.6 Å². The predicted octanol–water partition coefficient (Wildman–Crippen LogP) is 1.20. The highest BCUT2D eigenvalue weighted by atomic mass is 15.4. The molecule has 5 nitrogen and oxygen atoms in total. The summed E-state index contributed by atoms with van der Waals surface area (Å²) < 4.78 is 2.14. The Bertz CT molecular complexity index is 380. The van der Waals surface area contributed by atoms with E-state index in [4.69, 9.17) is 0 Å². The molecular weight excluding hydrogens is 214 g/mol. The van der Waals surface area contributed by atoms with Gasteiger partial charge >= 0.3 is 0 Å². The summed E-state index contributed by atoms with van der Waals surface area (Å²) in [5, 5.41) is 11.5. The second-order valence-electron chi connectivity index (χ2n) is 5.04. The highest BCUT2D eigenvalue weighted by Gasteiger charge is 2.30. The topological polar surface area (TPSA) is 54.8 Å². The Labute approximate surface area is 102 Å². The number of piperidine rings is 1. The number of nitrogens with one attached hydrogen (secondary N) is 2. The van der Waals surface area contributed by atoms with Crippen LogP contribution in [0.25, 0.3) is 0 Å². The van der Waals surface area contributed by atoms with Crippen LogP contribution in [0.15, 0.2) is 0 Å². The lowest BCUT2D eigenvalue weighted by atomic mass is 9.89. The number of hydrogen-bond acceptors (Lipinski definition) is 4. The van der Waals surface area contributed by atoms with Crippen molar-refractivity contribution < 1.29 is 0 Å². The van der Waals surface area contributed by atoms with E-state index in [1.165, 1.54) is 25.8 Å². The van der Waals surface area contributed by atoms with Crippen molar-refractivity contribution in [2.75, 3.05) is 25.0 Å². The molecular formula is C12H21N5. The van der Waals surface area contributed by atoms with E-state index in [2.05, 4.69) is 32.3 Å². The van der Waals surface area contributed by atoms with E-state index in [9.17, 15) is 0 Å². The molecule has 0 aromatic carbocycles. The maximum atomic E-state index is 4.64. The van der Waals surface area contributed by atoms with Gasteiger partial charge in [-0.05, 0) is 38.3 Å². The number of fused-ring (bicyclic) bond motifs is 1. The summed E-state index contributed by atoms with van der Waals surface area (Å²) in [5.74, 6) is 2.66. The van der Waals surface area contributed by atoms with Crippen molar-refractivity contribution >= 4 is 5.95 Å². The Balaban J connectivity index is 1.84. The smallest absolute Gasteiger partial charge is 0.221 e. The largest absolute Gasteiger partial charge is 0.354 e. The van der Waals surface area contributed by atoms with E-state index < -0.39 is 0 Å². The van der Waals surface area contributed by atoms with Crippen LogP contribution in [0.5, 0.6) is 0 Å². The molecule has 3 rings (SSSR count). The maximum absolute atomic E-state index is 4.64. The van der Waals surface area contributed by atoms with Gasteiger partial charge in [-0.15, -0.1) is 0 Å². The molecule has 3 heterocycles. The van der Waals surface area contributed by atoms with Gasteiger partial charge in [0.15, 0.2) is 5.82 Å². The zero-order valence-electron chi connectivity index (χ0n) is 10.4. The minimum atomic E-state index is 0.534. The van der Waals surface area contributed by atoms with E-state index in [-0.39, 0.29) is 0 Å². The first-order valence-electron chi connectivity index (χ1n) is 6.78. The Kier molecular flexibility index (Phi) is 3.01. The molecule has 0 saturated carbocycles. The van der Waals surface area contributed by atoms with Crippen LogP contribution in [0.3, 0.4) is 0 Å². The Hall–Kier alpha value is -1.10. The Morgan fingerprint density at radius 2 is 2.29 bits per heavy atom. The van der Waals surface area contributed by atoms with E-state index >= 15 is 0 Å². The van der Waals surface area contributed by atoms with Crippen molar-refractivity contribution in [2.24, 2.45) is 5.92 Å². The summed E-state index contributed by atoms with van der Waals surface area (Å²) in [6, 6.07) is 0.534. The molecule has 1 saturated heterocycles. The van der Waals surface area contributed by atoms with Crippen LogP contribution in [0.1, 0.15) is 38.1 Å². The van der Waals surface area contributed by atoms with Crippen molar-refractivity contribution in [1.29, 1.82) is 0 Å². The van der Waals surface area contributed by atoms with Crippen LogP contribution in [0, 0.1) is 5.92 Å². The first-order valence-corrected chi connectivity index (χ1v) is 6.78. The van der Waals surface area contributed by atoms with Gasteiger partial charge in [-0.2, -0.15) is 10.1 Å². The average Bonchev–Trinajstić information content (AvgIpc) is 2.82. The number of anilines is 1. The molecule has 94 valence electrons. The van der Waals surface area contributed by atoms with Gasteiger partial charge in [0.1, 0.15) is 0 Å². The fraction of sp³-hybridized carbons (Fsp3) is 0.833. The third-order valence-electron chi connectivity index (χ3n) is 3.91. The van der Waals surface area contributed by atoms with E-state index in [0.29, 0.717) is 6.04 Å². The predicted molar refractivity (Wildman–Crippen MR) is 67.1 cm³/mol. The number of aryl methyl sites for hydroxylation is 1. The van der Waals surface area contributed by atoms with Gasteiger partial charge in [0.25, 0.3) is 0 Å². The Morgan fingerprint density at radius 3 is 3.06 bits per heavy atom. The Morgan fingerprint density at radius 1 is 1.35 bits per heavy atom. The van der Waals surface area contributed by atoms with E-state index in [0.717, 1.165) is 37.2 Å². The van der Waals surface area contributed by atoms with E-state index in [1.807, 2.05) is 0 Å². The molecule has 0 amide bonds. The minimum Gasteiger partial charge on any atom is -0.354 e. The maximum Gasteiger partial charge on any atom is 0.221 e. The molecule has 2 aliphatic heterocycles. The van der Waals surface area contributed by atoms with Gasteiger partial charge in [-0.25, -0.2) is 4.68 Å². The van der Waals surface area contributed by atoms with Crippen molar-refractivity contribution in [3.8, 4) is 0 Å². The third-order valence-corrected chi connectivity index (χ3v) is 3.91. The summed E-state index contributed by atoms with van der Waals surface area (Å²) >= 11 is 0. The number of nitrogens with zero attached hydrogens (tertiary/aromatic N) is 3. The van der Waals surface area contributed by atoms with Gasteiger partial charge in [0, 0.05) is 13.0 Å². The zero-order valence-corrected chi connectivity index (χ0v) is 10.4. The molecule has 0 bridgehead atoms. The number of rotatable bonds is 2. The van der Waals surface area contributed by atoms with Crippen LogP contribution in [0.4, 0.5) is 5.95 Å². The van der Waals surface area contributed by atoms with Crippen molar-refractivity contribution in [1.82, 2.24) is 20.1 Å². The van der Waals surface area contributed by atoms with Crippen LogP contribution in [-0.2, 0) is 6.42 Å². The van der Waals surface area contributed by atoms with Crippen LogP contribution < -0.4 is 10.6 Å². The molecule has 2 atom stereocenters. The van der Waals surface area contributed by atoms with Gasteiger partial charge in [-0.1, -0.05) is 6.92 Å². The van der Waals surface area contributed by atoms with Gasteiger partial charge in [0.2, 0.25) is 5.95 Å². The summed E-state index contributed by atoms with van der Waals surface area (Å²) in [6.45, 7) is 5.44. The molecule has 0 spiro atoms. The number of hydrogen-bond donors (Lipinski definition) is 2. The molecule has 2 aliphatic rings. The summed E-state index contributed by atoms with van der Waals surface area (Å²) in [6.07, 6.45) is 4.70. The van der Waals surface area contributed by atoms with E-state index in [1.54, 1.807) is 0 Å². The highest BCUT2D eigenvalue weighted by Crippen LogP contribution is 2.32. The average molecular weight is 235 g/mol. The summed E-state index contributed by atoms with van der Waals surface area (Å²) in [4.78, 5) is 4.53. The second kappa shape index (κ2) is 4.64. The SMILES string of the molecule is CCc1nc2n(n1)C(C1CCCNC1)CCN2. The van der Waals surface area contributed by atoms with Crippen LogP contribution in [0.2, 0.25) is 0 Å². The third kappa shape index (κ3) is 2.04. The molecule has 2 N–H and O–H groups in total. The lowest BCUT2D eigenvalue weighted by molar-refractivity contribution is 0.234. The lowest BCUT2D eigenvalue weighted by Crippen LogP contribution is -2.38. The first kappa shape index (κ1) is 11.0. The quantitative estimate of drug-likeness (QED) is 0.808. The molecule has 0 aliphatic carbocycles. The van der Waals surface area contributed by atoms with Crippen LogP contribution >= 0.6 is 0 Å². The standard InChI is InChI=1S/C12H21N5/c1-2-11-15-12-14-7-5-10(17(12)16-11)9-4-3-6-13-8-9/h9-10,13H,2-8H2,1H3,(H,14,15,16). The lowest BCUT2D eigenvalue weighted by Gasteiger charge is -2.34. The minimum absolute atomic E-state index is 0.534. The van der Waals surface area contributed by atoms with Crippen LogP contribution in [-0.4, -0.2) is 34.4 Å². The van der Waals surface area contributed by atoms with Crippen molar-refractivity contribution in [3.63, 3.8) is 0 Å². The fourth-order valence-corrected chi connectivity index (χ4v) is 2.97. The molecule has 1 fully saturated rings. The number of aromatic nitrogens is 3. The molecule has 5 heteroatoms. The molecule has 1 aromatic heterocycles. The fourth-order valence-electron chi connectivity index (χ4n) is 2.97. The summed E-state index contributed by atoms with van der Waals surface area (Å²) in [7, 11) is 0. The monoisotopic (exact) mass is 235 g/mol. The molecule has 2 unspecified atom stereocenters. The van der Waals surface area contributed by atoms with Crippen molar-refractivity contribution in [3.05, 3.63) is 5.82 Å². The zero-order chi connectivity index (χ0) is 11.7. The molecule has 1 aromatic rings. The van der Waals surface area contributed by atoms with Gasteiger partial charge in [0.05, 0.1) is 6.04 Å². The molecule has 17 heavy (non-hydrogen) atoms. The summed E-state index contributed by atoms with van der Waals surface area (Å²) in [5.41, 5.74) is 0. The second-order valence-corrected chi connectivity index (χ2v) is 5.04.